The van der Waals surface area contributed by atoms with Crippen LogP contribution in [0.1, 0.15) is 12.5 Å². The molecule has 122 valence electrons. The van der Waals surface area contributed by atoms with E-state index in [1.807, 2.05) is 19.9 Å². The molecule has 0 aromatic carbocycles. The second-order valence-electron chi connectivity index (χ2n) is 5.02. The van der Waals surface area contributed by atoms with Gasteiger partial charge < -0.3 is 15.4 Å². The normalized spacial score (nSPS) is 11.8. The van der Waals surface area contributed by atoms with Gasteiger partial charge in [-0.2, -0.15) is 0 Å². The molecule has 1 atom stereocenters. The van der Waals surface area contributed by atoms with Crippen LogP contribution >= 0.6 is 0 Å². The highest BCUT2D eigenvalue weighted by molar-refractivity contribution is 5.72. The summed E-state index contributed by atoms with van der Waals surface area (Å²) in [5, 5.41) is 17.2. The maximum Gasteiger partial charge on any atom is 0.353 e. The Kier molecular flexibility index (Phi) is 5.36. The van der Waals surface area contributed by atoms with E-state index in [2.05, 4.69) is 25.6 Å². The average molecular weight is 318 g/mol. The van der Waals surface area contributed by atoms with E-state index in [4.69, 9.17) is 4.74 Å². The highest BCUT2D eigenvalue weighted by Crippen LogP contribution is 2.30. The SMILES string of the molecule is COCC(C)Nc1ncnc(Nc2ccc(C)cn2)c1[N+](=O)[O-]. The summed E-state index contributed by atoms with van der Waals surface area (Å²) < 4.78 is 5.01. The Bertz CT molecular complexity index is 677. The van der Waals surface area contributed by atoms with Gasteiger partial charge in [-0.3, -0.25) is 10.1 Å². The molecule has 0 aliphatic heterocycles. The van der Waals surface area contributed by atoms with Crippen LogP contribution < -0.4 is 10.6 Å². The number of rotatable bonds is 7. The van der Waals surface area contributed by atoms with Crippen molar-refractivity contribution in [2.75, 3.05) is 24.4 Å². The number of aromatic nitrogens is 3. The van der Waals surface area contributed by atoms with E-state index in [0.29, 0.717) is 12.4 Å². The summed E-state index contributed by atoms with van der Waals surface area (Å²) in [6.45, 7) is 4.14. The summed E-state index contributed by atoms with van der Waals surface area (Å²) >= 11 is 0. The number of hydrogen-bond acceptors (Lipinski definition) is 8. The maximum atomic E-state index is 11.4. The van der Waals surface area contributed by atoms with Crippen molar-refractivity contribution in [2.24, 2.45) is 0 Å². The summed E-state index contributed by atoms with van der Waals surface area (Å²) in [5.41, 5.74) is 0.751. The number of anilines is 3. The van der Waals surface area contributed by atoms with Gasteiger partial charge in [0.15, 0.2) is 0 Å². The zero-order valence-corrected chi connectivity index (χ0v) is 13.1. The average Bonchev–Trinajstić information content (AvgIpc) is 2.49. The molecular weight excluding hydrogens is 300 g/mol. The molecule has 2 aromatic rings. The fourth-order valence-electron chi connectivity index (χ4n) is 1.94. The Morgan fingerprint density at radius 1 is 1.30 bits per heavy atom. The summed E-state index contributed by atoms with van der Waals surface area (Å²) in [6.07, 6.45) is 2.92. The first-order chi connectivity index (χ1) is 11.0. The smallest absolute Gasteiger partial charge is 0.353 e. The molecule has 0 amide bonds. The van der Waals surface area contributed by atoms with Crippen molar-refractivity contribution < 1.29 is 9.66 Å². The van der Waals surface area contributed by atoms with Gasteiger partial charge in [0.1, 0.15) is 12.1 Å². The molecule has 0 bridgehead atoms. The van der Waals surface area contributed by atoms with Crippen LogP contribution in [0.4, 0.5) is 23.1 Å². The Morgan fingerprint density at radius 2 is 2.04 bits per heavy atom. The third-order valence-corrected chi connectivity index (χ3v) is 2.96. The molecule has 1 unspecified atom stereocenters. The van der Waals surface area contributed by atoms with E-state index < -0.39 is 4.92 Å². The second kappa shape index (κ2) is 7.45. The lowest BCUT2D eigenvalue weighted by Crippen LogP contribution is -2.22. The molecule has 9 heteroatoms. The highest BCUT2D eigenvalue weighted by Gasteiger charge is 2.24. The second-order valence-corrected chi connectivity index (χ2v) is 5.02. The number of nitrogens with zero attached hydrogens (tertiary/aromatic N) is 4. The Labute approximate surface area is 133 Å². The third-order valence-electron chi connectivity index (χ3n) is 2.96. The summed E-state index contributed by atoms with van der Waals surface area (Å²) in [5.74, 6) is 0.672. The van der Waals surface area contributed by atoms with Gasteiger partial charge in [0.2, 0.25) is 11.6 Å². The maximum absolute atomic E-state index is 11.4. The van der Waals surface area contributed by atoms with Gasteiger partial charge in [-0.25, -0.2) is 15.0 Å². The lowest BCUT2D eigenvalue weighted by Gasteiger charge is -2.14. The molecule has 2 rings (SSSR count). The van der Waals surface area contributed by atoms with E-state index in [9.17, 15) is 10.1 Å². The van der Waals surface area contributed by atoms with E-state index in [-0.39, 0.29) is 23.4 Å². The standard InChI is InChI=1S/C14H18N6O3/c1-9-4-5-11(15-6-9)19-14-12(20(21)22)13(16-8-17-14)18-10(2)7-23-3/h4-6,8,10H,7H2,1-3H3,(H2,15,16,17,18,19). The lowest BCUT2D eigenvalue weighted by molar-refractivity contribution is -0.383. The number of ether oxygens (including phenoxy) is 1. The number of hydrogen-bond donors (Lipinski definition) is 2. The number of methoxy groups -OCH3 is 1. The predicted octanol–water partition coefficient (Wildman–Crippen LogP) is 2.28. The Balaban J connectivity index is 2.31. The molecule has 0 aliphatic rings. The van der Waals surface area contributed by atoms with Gasteiger partial charge in [0.05, 0.1) is 11.5 Å². The molecule has 0 spiro atoms. The van der Waals surface area contributed by atoms with E-state index >= 15 is 0 Å². The van der Waals surface area contributed by atoms with Crippen LogP contribution in [0.25, 0.3) is 0 Å². The summed E-state index contributed by atoms with van der Waals surface area (Å²) in [4.78, 5) is 23.0. The zero-order chi connectivity index (χ0) is 16.8. The number of pyridine rings is 1. The molecule has 0 radical (unpaired) electrons. The van der Waals surface area contributed by atoms with Gasteiger partial charge in [-0.15, -0.1) is 0 Å². The van der Waals surface area contributed by atoms with Crippen LogP contribution in [0.3, 0.4) is 0 Å². The molecule has 2 aromatic heterocycles. The van der Waals surface area contributed by atoms with Crippen molar-refractivity contribution in [3.63, 3.8) is 0 Å². The number of aryl methyl sites for hydroxylation is 1. The van der Waals surface area contributed by atoms with Crippen molar-refractivity contribution >= 4 is 23.1 Å². The molecule has 2 N–H and O–H groups in total. The van der Waals surface area contributed by atoms with E-state index in [0.717, 1.165) is 5.56 Å². The molecule has 0 saturated heterocycles. The largest absolute Gasteiger partial charge is 0.383 e. The summed E-state index contributed by atoms with van der Waals surface area (Å²) in [7, 11) is 1.56. The summed E-state index contributed by atoms with van der Waals surface area (Å²) in [6, 6.07) is 3.43. The molecular formula is C14H18N6O3. The van der Waals surface area contributed by atoms with Gasteiger partial charge in [-0.1, -0.05) is 6.07 Å². The van der Waals surface area contributed by atoms with Crippen molar-refractivity contribution in [1.82, 2.24) is 15.0 Å². The van der Waals surface area contributed by atoms with Crippen LogP contribution in [-0.4, -0.2) is 39.6 Å². The van der Waals surface area contributed by atoms with E-state index in [1.54, 1.807) is 19.4 Å². The Morgan fingerprint density at radius 3 is 2.65 bits per heavy atom. The highest BCUT2D eigenvalue weighted by atomic mass is 16.6. The minimum Gasteiger partial charge on any atom is -0.383 e. The fourth-order valence-corrected chi connectivity index (χ4v) is 1.94. The minimum atomic E-state index is -0.529. The fraction of sp³-hybridized carbons (Fsp3) is 0.357. The quantitative estimate of drug-likeness (QED) is 0.590. The first-order valence-corrected chi connectivity index (χ1v) is 6.95. The van der Waals surface area contributed by atoms with Gasteiger partial charge in [0.25, 0.3) is 0 Å². The van der Waals surface area contributed by atoms with Crippen molar-refractivity contribution in [2.45, 2.75) is 19.9 Å². The molecule has 9 nitrogen and oxygen atoms in total. The van der Waals surface area contributed by atoms with E-state index in [1.165, 1.54) is 6.33 Å². The number of nitro groups is 1. The number of nitrogens with one attached hydrogen (secondary N) is 2. The van der Waals surface area contributed by atoms with Crippen molar-refractivity contribution in [1.29, 1.82) is 0 Å². The molecule has 2 heterocycles. The van der Waals surface area contributed by atoms with Crippen LogP contribution in [0, 0.1) is 17.0 Å². The topological polar surface area (TPSA) is 115 Å². The van der Waals surface area contributed by atoms with Gasteiger partial charge >= 0.3 is 5.69 Å². The predicted molar refractivity (Wildman–Crippen MR) is 85.9 cm³/mol. The zero-order valence-electron chi connectivity index (χ0n) is 13.1. The third kappa shape index (κ3) is 4.33. The monoisotopic (exact) mass is 318 g/mol. The molecule has 0 saturated carbocycles. The van der Waals surface area contributed by atoms with Crippen molar-refractivity contribution in [3.05, 3.63) is 40.3 Å². The van der Waals surface area contributed by atoms with Crippen LogP contribution in [0.2, 0.25) is 0 Å². The van der Waals surface area contributed by atoms with Gasteiger partial charge in [0, 0.05) is 19.3 Å². The van der Waals surface area contributed by atoms with Crippen molar-refractivity contribution in [3.8, 4) is 0 Å². The Hall–Kier alpha value is -2.81. The minimum absolute atomic E-state index is 0.0773. The molecule has 0 fully saturated rings. The van der Waals surface area contributed by atoms with Crippen LogP contribution in [-0.2, 0) is 4.74 Å². The van der Waals surface area contributed by atoms with Crippen LogP contribution in [0.5, 0.6) is 0 Å². The molecule has 23 heavy (non-hydrogen) atoms. The first kappa shape index (κ1) is 16.6. The van der Waals surface area contributed by atoms with Crippen LogP contribution in [0.15, 0.2) is 24.7 Å². The van der Waals surface area contributed by atoms with Gasteiger partial charge in [-0.05, 0) is 25.5 Å². The molecule has 0 aliphatic carbocycles. The first-order valence-electron chi connectivity index (χ1n) is 6.95. The lowest BCUT2D eigenvalue weighted by atomic mass is 10.3.